The Hall–Kier alpha value is -3.96. The van der Waals surface area contributed by atoms with Crippen LogP contribution in [-0.2, 0) is 42.6 Å². The molecule has 1 aromatic heterocycles. The third-order valence-electron chi connectivity index (χ3n) is 6.97. The van der Waals surface area contributed by atoms with Gasteiger partial charge in [-0.05, 0) is 91.3 Å². The molecular weight excluding hydrogens is 640 g/mol. The molecule has 0 fully saturated rings. The van der Waals surface area contributed by atoms with Crippen LogP contribution in [0.1, 0.15) is 79.8 Å². The van der Waals surface area contributed by atoms with Gasteiger partial charge in [0.25, 0.3) is 5.56 Å². The van der Waals surface area contributed by atoms with Crippen LogP contribution in [0.25, 0.3) is 11.1 Å². The third-order valence-corrected chi connectivity index (χ3v) is 7.94. The second-order valence-corrected chi connectivity index (χ2v) is 11.1. The van der Waals surface area contributed by atoms with Crippen molar-refractivity contribution >= 4 is 17.7 Å². The van der Waals surface area contributed by atoms with Gasteiger partial charge in [-0.1, -0.05) is 67.9 Å². The number of carbonyl (C=O) groups excluding carboxylic acids is 1. The number of benzene rings is 3. The molecule has 1 aliphatic rings. The van der Waals surface area contributed by atoms with Crippen LogP contribution in [0.15, 0.2) is 76.4 Å². The molecule has 0 N–H and O–H groups in total. The van der Waals surface area contributed by atoms with E-state index in [0.717, 1.165) is 11.8 Å². The molecule has 0 atom stereocenters. The van der Waals surface area contributed by atoms with E-state index in [1.165, 1.54) is 13.8 Å². The Morgan fingerprint density at radius 2 is 1.69 bits per heavy atom. The number of rotatable bonds is 13. The first-order chi connectivity index (χ1) is 30.6. The summed E-state index contributed by atoms with van der Waals surface area (Å²) in [5.41, 5.74) is -7.83. The van der Waals surface area contributed by atoms with Crippen molar-refractivity contribution in [3.63, 3.8) is 0 Å². The number of thioether (sulfide) groups is 1. The van der Waals surface area contributed by atoms with Gasteiger partial charge in [0, 0.05) is 39.2 Å². The summed E-state index contributed by atoms with van der Waals surface area (Å²) < 4.78 is 223. The zero-order valence-corrected chi connectivity index (χ0v) is 26.6. The van der Waals surface area contributed by atoms with Gasteiger partial charge in [-0.3, -0.25) is 9.59 Å². The standard InChI is InChI=1S/C37H40F4N4O2S/c1-4-43(5-2)19-20-44(22-29-12-11-28(21-25(29)3)27-13-15-30(16-14-27)37(39,40)41)34(46)23-45-33-8-6-7-32(33)35(47)42-36(45)48-24-26-9-17-31(38)18-10-26/h9-18,21H,4-8,19-20,22-24H2,1-3H3/i9D,10D,11D,12D,13D,14D,15D,16D,17D,18D,19D2,20D2,21D,22D2,23D2. The number of hydrogen-bond donors (Lipinski definition) is 0. The summed E-state index contributed by atoms with van der Waals surface area (Å²) in [6, 6.07) is -13.7. The molecule has 4 aromatic rings. The fourth-order valence-corrected chi connectivity index (χ4v) is 5.32. The van der Waals surface area contributed by atoms with Crippen LogP contribution in [0.3, 0.4) is 0 Å². The van der Waals surface area contributed by atoms with Crippen molar-refractivity contribution in [1.29, 1.82) is 0 Å². The minimum Gasteiger partial charge on any atom is -0.336 e. The monoisotopic (exact) mass is 699 g/mol. The average Bonchev–Trinajstić information content (AvgIpc) is 3.72. The highest BCUT2D eigenvalue weighted by molar-refractivity contribution is 7.98. The molecule has 48 heavy (non-hydrogen) atoms. The fraction of sp³-hybridized carbons (Fsp3) is 0.378. The maximum atomic E-state index is 15.2. The second-order valence-electron chi connectivity index (χ2n) is 10.2. The van der Waals surface area contributed by atoms with Gasteiger partial charge in [0.05, 0.1) is 28.9 Å². The molecule has 254 valence electrons. The van der Waals surface area contributed by atoms with Crippen molar-refractivity contribution in [2.75, 3.05) is 26.1 Å². The van der Waals surface area contributed by atoms with Crippen LogP contribution in [0.5, 0.6) is 0 Å². The summed E-state index contributed by atoms with van der Waals surface area (Å²) in [6.07, 6.45) is -5.39. The lowest BCUT2D eigenvalue weighted by molar-refractivity contribution is -0.137. The van der Waals surface area contributed by atoms with Crippen molar-refractivity contribution in [2.24, 2.45) is 0 Å². The van der Waals surface area contributed by atoms with Crippen molar-refractivity contribution in [2.45, 2.75) is 70.1 Å². The molecule has 6 nitrogen and oxygen atoms in total. The molecule has 0 aliphatic heterocycles. The van der Waals surface area contributed by atoms with Crippen molar-refractivity contribution < 1.29 is 48.4 Å². The summed E-state index contributed by atoms with van der Waals surface area (Å²) in [7, 11) is 0. The molecule has 0 bridgehead atoms. The van der Waals surface area contributed by atoms with Crippen molar-refractivity contribution in [3.8, 4) is 11.1 Å². The molecule has 1 aliphatic carbocycles. The van der Waals surface area contributed by atoms with E-state index >= 15 is 4.79 Å². The van der Waals surface area contributed by atoms with E-state index in [0.29, 0.717) is 16.3 Å². The molecule has 3 aromatic carbocycles. The van der Waals surface area contributed by atoms with Crippen LogP contribution in [0.2, 0.25) is 0 Å². The summed E-state index contributed by atoms with van der Waals surface area (Å²) in [5, 5.41) is -0.710. The molecule has 0 radical (unpaired) electrons. The van der Waals surface area contributed by atoms with E-state index in [1.807, 2.05) is 0 Å². The minimum absolute atomic E-state index is 0.0168. The number of hydrogen-bond acceptors (Lipinski definition) is 5. The molecule has 0 saturated heterocycles. The van der Waals surface area contributed by atoms with E-state index in [4.69, 9.17) is 17.8 Å². The van der Waals surface area contributed by atoms with Gasteiger partial charge >= 0.3 is 6.18 Å². The highest BCUT2D eigenvalue weighted by atomic mass is 32.2. The number of likely N-dealkylation sites (N-methyl/N-ethyl adjacent to an activating group) is 1. The molecule has 11 heteroatoms. The Kier molecular flexibility index (Phi) is 5.86. The number of carbonyl (C=O) groups is 1. The number of halogens is 4. The number of amides is 1. The van der Waals surface area contributed by atoms with Crippen LogP contribution in [0, 0.1) is 12.7 Å². The van der Waals surface area contributed by atoms with Gasteiger partial charge < -0.3 is 14.4 Å². The van der Waals surface area contributed by atoms with E-state index in [-0.39, 0.29) is 43.6 Å². The lowest BCUT2D eigenvalue weighted by atomic mass is 9.98. The number of fused-ring (bicyclic) bond motifs is 1. The summed E-state index contributed by atoms with van der Waals surface area (Å²) in [6.45, 7) is -12.3. The number of nitrogens with zero attached hydrogens (tertiary/aromatic N) is 4. The quantitative estimate of drug-likeness (QED) is 0.0821. The van der Waals surface area contributed by atoms with E-state index < -0.39 is 165 Å². The molecule has 1 heterocycles. The molecular formula is C37H40F4N4O2S. The van der Waals surface area contributed by atoms with Gasteiger partial charge in [-0.2, -0.15) is 18.2 Å². The van der Waals surface area contributed by atoms with Crippen LogP contribution < -0.4 is 5.56 Å². The predicted molar refractivity (Wildman–Crippen MR) is 181 cm³/mol. The van der Waals surface area contributed by atoms with Gasteiger partial charge in [-0.25, -0.2) is 4.39 Å². The van der Waals surface area contributed by atoms with Crippen molar-refractivity contribution in [1.82, 2.24) is 19.4 Å². The van der Waals surface area contributed by atoms with E-state index in [1.54, 1.807) is 0 Å². The largest absolute Gasteiger partial charge is 0.416 e. The topological polar surface area (TPSA) is 58.4 Å². The molecule has 5 rings (SSSR count). The highest BCUT2D eigenvalue weighted by Gasteiger charge is 2.30. The smallest absolute Gasteiger partial charge is 0.336 e. The second kappa shape index (κ2) is 15.5. The highest BCUT2D eigenvalue weighted by Crippen LogP contribution is 2.32. The maximum absolute atomic E-state index is 15.2. The lowest BCUT2D eigenvalue weighted by Gasteiger charge is -2.28. The van der Waals surface area contributed by atoms with Crippen LogP contribution in [-0.4, -0.2) is 51.3 Å². The zero-order valence-electron chi connectivity index (χ0n) is 44.8. The average molecular weight is 700 g/mol. The number of aromatic nitrogens is 2. The van der Waals surface area contributed by atoms with Crippen LogP contribution in [0.4, 0.5) is 17.6 Å². The summed E-state index contributed by atoms with van der Waals surface area (Å²) >= 11 is 0.375. The summed E-state index contributed by atoms with van der Waals surface area (Å²) in [4.78, 5) is 32.8. The first-order valence-corrected chi connectivity index (χ1v) is 15.5. The van der Waals surface area contributed by atoms with E-state index in [2.05, 4.69) is 4.98 Å². The molecule has 0 unspecified atom stereocenters. The molecule has 0 spiro atoms. The fourth-order valence-electron chi connectivity index (χ4n) is 4.47. The minimum atomic E-state index is -5.40. The van der Waals surface area contributed by atoms with Gasteiger partial charge in [0.15, 0.2) is 5.16 Å². The Bertz CT molecular complexity index is 2680. The molecule has 1 amide bonds. The van der Waals surface area contributed by atoms with Gasteiger partial charge in [-0.15, -0.1) is 0 Å². The first kappa shape index (κ1) is 18.2. The Morgan fingerprint density at radius 3 is 2.35 bits per heavy atom. The lowest BCUT2D eigenvalue weighted by Crippen LogP contribution is -2.40. The van der Waals surface area contributed by atoms with Crippen LogP contribution >= 0.6 is 11.8 Å². The normalized spacial score (nSPS) is 19.7. The Morgan fingerprint density at radius 1 is 1.00 bits per heavy atom. The third kappa shape index (κ3) is 8.54. The molecule has 0 saturated carbocycles. The van der Waals surface area contributed by atoms with Gasteiger partial charge in [0.2, 0.25) is 5.91 Å². The Labute approximate surface area is 309 Å². The predicted octanol–water partition coefficient (Wildman–Crippen LogP) is 7.53. The van der Waals surface area contributed by atoms with E-state index in [9.17, 15) is 30.6 Å². The zero-order chi connectivity index (χ0) is 51.2. The SMILES string of the molecule is [2H]c1c([2H])c(CSc2nc(=O)c3c(n2C([2H])([2H])C(=O)N(C([2H])([2H])c2c([2H])c([2H])c(-c4c([2H])c([2H])c(C(F)(F)F)c([2H])c4[2H])c([2H])c2C)C([2H])([2H])C([2H])([2H])N(CC)CC)CCC3)c([2H])c([2H])c1F. The maximum Gasteiger partial charge on any atom is 0.416 e. The van der Waals surface area contributed by atoms with Crippen molar-refractivity contribution in [3.05, 3.63) is 116 Å². The number of alkyl halides is 3. The Balaban J connectivity index is 1.83. The first-order valence-electron chi connectivity index (χ1n) is 24.0. The summed E-state index contributed by atoms with van der Waals surface area (Å²) in [5.74, 6) is -4.39. The van der Waals surface area contributed by atoms with Gasteiger partial charge in [0.1, 0.15) is 12.3 Å².